The van der Waals surface area contributed by atoms with Crippen LogP contribution in [0.15, 0.2) is 70.6 Å². The second-order valence-corrected chi connectivity index (χ2v) is 7.15. The highest BCUT2D eigenvalue weighted by molar-refractivity contribution is 5.83. The van der Waals surface area contributed by atoms with E-state index >= 15 is 0 Å². The molecule has 0 aliphatic rings. The number of rotatable bonds is 6. The number of hydrogen-bond donors (Lipinski definition) is 0. The van der Waals surface area contributed by atoms with Crippen LogP contribution >= 0.6 is 0 Å². The van der Waals surface area contributed by atoms with Crippen molar-refractivity contribution < 1.29 is 4.74 Å². The molecule has 0 amide bonds. The summed E-state index contributed by atoms with van der Waals surface area (Å²) in [6.45, 7) is 5.51. The molecule has 0 radical (unpaired) electrons. The summed E-state index contributed by atoms with van der Waals surface area (Å²) >= 11 is 0. The molecule has 0 atom stereocenters. The van der Waals surface area contributed by atoms with Gasteiger partial charge < -0.3 is 9.30 Å². The SMILES string of the molecule is COCCn1c(C)cc(C=Nn2c(-c3ccccc3)nc3ccccc3c2=O)c1C. The second-order valence-electron chi connectivity index (χ2n) is 7.15. The van der Waals surface area contributed by atoms with Crippen LogP contribution in [0.25, 0.3) is 22.3 Å². The van der Waals surface area contributed by atoms with Crippen molar-refractivity contribution in [2.24, 2.45) is 5.10 Å². The molecule has 0 saturated carbocycles. The fourth-order valence-electron chi connectivity index (χ4n) is 3.61. The lowest BCUT2D eigenvalue weighted by atomic mass is 10.2. The van der Waals surface area contributed by atoms with Crippen LogP contribution in [0, 0.1) is 13.8 Å². The number of ether oxygens (including phenoxy) is 1. The highest BCUT2D eigenvalue weighted by Crippen LogP contribution is 2.19. The molecule has 0 saturated heterocycles. The van der Waals surface area contributed by atoms with Crippen LogP contribution in [-0.2, 0) is 11.3 Å². The molecule has 0 fully saturated rings. The second kappa shape index (κ2) is 8.47. The number of benzene rings is 2. The fourth-order valence-corrected chi connectivity index (χ4v) is 3.61. The van der Waals surface area contributed by atoms with Gasteiger partial charge in [-0.15, -0.1) is 0 Å². The maximum Gasteiger partial charge on any atom is 0.282 e. The third-order valence-electron chi connectivity index (χ3n) is 5.23. The summed E-state index contributed by atoms with van der Waals surface area (Å²) < 4.78 is 8.78. The predicted molar refractivity (Wildman–Crippen MR) is 120 cm³/mol. The monoisotopic (exact) mass is 400 g/mol. The predicted octanol–water partition coefficient (Wildman–Crippen LogP) is 4.01. The van der Waals surface area contributed by atoms with Crippen molar-refractivity contribution >= 4 is 17.1 Å². The van der Waals surface area contributed by atoms with Crippen molar-refractivity contribution in [2.45, 2.75) is 20.4 Å². The average molecular weight is 400 g/mol. The minimum atomic E-state index is -0.191. The topological polar surface area (TPSA) is 61.4 Å². The Balaban J connectivity index is 1.85. The Hall–Kier alpha value is -3.51. The minimum absolute atomic E-state index is 0.191. The Labute approximate surface area is 175 Å². The van der Waals surface area contributed by atoms with Crippen LogP contribution in [-0.4, -0.2) is 34.2 Å². The summed E-state index contributed by atoms with van der Waals surface area (Å²) in [6, 6.07) is 19.1. The van der Waals surface area contributed by atoms with Gasteiger partial charge in [-0.2, -0.15) is 9.78 Å². The molecule has 30 heavy (non-hydrogen) atoms. The van der Waals surface area contributed by atoms with E-state index in [9.17, 15) is 4.79 Å². The molecule has 2 aromatic carbocycles. The van der Waals surface area contributed by atoms with E-state index in [0.29, 0.717) is 23.3 Å². The van der Waals surface area contributed by atoms with Crippen molar-refractivity contribution in [3.05, 3.63) is 88.0 Å². The zero-order valence-electron chi connectivity index (χ0n) is 17.4. The van der Waals surface area contributed by atoms with Crippen LogP contribution < -0.4 is 5.56 Å². The van der Waals surface area contributed by atoms with Gasteiger partial charge in [0.15, 0.2) is 5.82 Å². The number of nitrogens with zero attached hydrogens (tertiary/aromatic N) is 4. The van der Waals surface area contributed by atoms with Gasteiger partial charge in [-0.1, -0.05) is 42.5 Å². The van der Waals surface area contributed by atoms with Crippen molar-refractivity contribution in [1.82, 2.24) is 14.2 Å². The van der Waals surface area contributed by atoms with Crippen LogP contribution in [0.1, 0.15) is 17.0 Å². The lowest BCUT2D eigenvalue weighted by Crippen LogP contribution is -2.20. The van der Waals surface area contributed by atoms with E-state index < -0.39 is 0 Å². The Morgan fingerprint density at radius 3 is 2.57 bits per heavy atom. The molecule has 0 aliphatic heterocycles. The van der Waals surface area contributed by atoms with E-state index in [4.69, 9.17) is 9.72 Å². The summed E-state index contributed by atoms with van der Waals surface area (Å²) in [6.07, 6.45) is 1.73. The summed E-state index contributed by atoms with van der Waals surface area (Å²) in [5.74, 6) is 0.517. The molecule has 4 rings (SSSR count). The summed E-state index contributed by atoms with van der Waals surface area (Å²) in [5.41, 5.74) is 4.47. The van der Waals surface area contributed by atoms with E-state index in [-0.39, 0.29) is 5.56 Å². The molecular weight excluding hydrogens is 376 g/mol. The lowest BCUT2D eigenvalue weighted by Gasteiger charge is -2.09. The van der Waals surface area contributed by atoms with Crippen molar-refractivity contribution in [1.29, 1.82) is 0 Å². The van der Waals surface area contributed by atoms with Crippen LogP contribution in [0.4, 0.5) is 0 Å². The summed E-state index contributed by atoms with van der Waals surface area (Å²) in [7, 11) is 1.70. The van der Waals surface area contributed by atoms with E-state index in [2.05, 4.69) is 22.7 Å². The Bertz CT molecular complexity index is 1270. The molecular formula is C24H24N4O2. The number of fused-ring (bicyclic) bond motifs is 1. The molecule has 4 aromatic rings. The van der Waals surface area contributed by atoms with Crippen molar-refractivity contribution in [3.63, 3.8) is 0 Å². The van der Waals surface area contributed by atoms with Crippen LogP contribution in [0.2, 0.25) is 0 Å². The van der Waals surface area contributed by atoms with Gasteiger partial charge in [0.25, 0.3) is 5.56 Å². The number of aryl methyl sites for hydroxylation is 1. The molecule has 6 nitrogen and oxygen atoms in total. The highest BCUT2D eigenvalue weighted by Gasteiger charge is 2.13. The molecule has 2 heterocycles. The third kappa shape index (κ3) is 3.69. The molecule has 2 aromatic heterocycles. The molecule has 0 unspecified atom stereocenters. The van der Waals surface area contributed by atoms with Gasteiger partial charge in [0.1, 0.15) is 0 Å². The van der Waals surface area contributed by atoms with Crippen LogP contribution in [0.3, 0.4) is 0 Å². The van der Waals surface area contributed by atoms with E-state index in [0.717, 1.165) is 29.1 Å². The molecule has 0 bridgehead atoms. The van der Waals surface area contributed by atoms with Gasteiger partial charge in [-0.25, -0.2) is 4.98 Å². The zero-order chi connectivity index (χ0) is 21.1. The maximum absolute atomic E-state index is 13.2. The lowest BCUT2D eigenvalue weighted by molar-refractivity contribution is 0.186. The first kappa shape index (κ1) is 19.8. The van der Waals surface area contributed by atoms with Crippen molar-refractivity contribution in [2.75, 3.05) is 13.7 Å². The standard InChI is InChI=1S/C24H24N4O2/c1-17-15-20(18(2)27(17)13-14-30-3)16-25-28-23(19-9-5-4-6-10-19)26-22-12-8-7-11-21(22)24(28)29/h4-12,15-16H,13-14H2,1-3H3. The van der Waals surface area contributed by atoms with Gasteiger partial charge in [-0.05, 0) is 32.0 Å². The van der Waals surface area contributed by atoms with Gasteiger partial charge in [0.05, 0.1) is 23.7 Å². The number of aromatic nitrogens is 3. The van der Waals surface area contributed by atoms with Crippen molar-refractivity contribution in [3.8, 4) is 11.4 Å². The highest BCUT2D eigenvalue weighted by atomic mass is 16.5. The Morgan fingerprint density at radius 2 is 1.80 bits per heavy atom. The quantitative estimate of drug-likeness (QED) is 0.460. The maximum atomic E-state index is 13.2. The smallest absolute Gasteiger partial charge is 0.282 e. The van der Waals surface area contributed by atoms with Gasteiger partial charge in [-0.3, -0.25) is 4.79 Å². The first-order chi connectivity index (χ1) is 14.6. The van der Waals surface area contributed by atoms with E-state index in [1.54, 1.807) is 19.4 Å². The van der Waals surface area contributed by atoms with Crippen LogP contribution in [0.5, 0.6) is 0 Å². The normalized spacial score (nSPS) is 11.6. The average Bonchev–Trinajstić information content (AvgIpc) is 3.04. The molecule has 0 aliphatic carbocycles. The fraction of sp³-hybridized carbons (Fsp3) is 0.208. The number of methoxy groups -OCH3 is 1. The number of hydrogen-bond acceptors (Lipinski definition) is 4. The Kier molecular flexibility index (Phi) is 5.59. The van der Waals surface area contributed by atoms with E-state index in [1.165, 1.54) is 4.68 Å². The van der Waals surface area contributed by atoms with Gasteiger partial charge in [0, 0.05) is 36.2 Å². The largest absolute Gasteiger partial charge is 0.383 e. The summed E-state index contributed by atoms with van der Waals surface area (Å²) in [4.78, 5) is 18.0. The third-order valence-corrected chi connectivity index (χ3v) is 5.23. The van der Waals surface area contributed by atoms with E-state index in [1.807, 2.05) is 55.5 Å². The summed E-state index contributed by atoms with van der Waals surface area (Å²) in [5, 5.41) is 5.11. The zero-order valence-corrected chi connectivity index (χ0v) is 17.4. The Morgan fingerprint density at radius 1 is 1.07 bits per heavy atom. The minimum Gasteiger partial charge on any atom is -0.383 e. The first-order valence-corrected chi connectivity index (χ1v) is 9.87. The van der Waals surface area contributed by atoms with Gasteiger partial charge >= 0.3 is 0 Å². The molecule has 0 N–H and O–H groups in total. The van der Waals surface area contributed by atoms with Gasteiger partial charge in [0.2, 0.25) is 0 Å². The first-order valence-electron chi connectivity index (χ1n) is 9.87. The number of para-hydroxylation sites is 1. The molecule has 152 valence electrons. The molecule has 0 spiro atoms. The molecule has 6 heteroatoms.